The standard InChI is InChI=1S/C13H24N4S/c1-6-11-12(14-3)15-9-16-13(11)17(4)10(2)7-8-18-5/h9-10H,6-8H2,1-5H3,(H,14,15,16). The fourth-order valence-electron chi connectivity index (χ4n) is 1.94. The van der Waals surface area contributed by atoms with Gasteiger partial charge in [-0.1, -0.05) is 6.92 Å². The Morgan fingerprint density at radius 3 is 2.72 bits per heavy atom. The molecule has 1 aromatic rings. The first-order valence-corrected chi connectivity index (χ1v) is 7.78. The van der Waals surface area contributed by atoms with Gasteiger partial charge in [-0.15, -0.1) is 0 Å². The molecule has 0 aliphatic carbocycles. The van der Waals surface area contributed by atoms with Crippen LogP contribution in [0, 0.1) is 0 Å². The predicted octanol–water partition coefficient (Wildman–Crippen LogP) is 2.66. The number of aromatic nitrogens is 2. The van der Waals surface area contributed by atoms with Crippen LogP contribution in [0.25, 0.3) is 0 Å². The van der Waals surface area contributed by atoms with Crippen LogP contribution in [0.1, 0.15) is 25.8 Å². The molecule has 1 aromatic heterocycles. The van der Waals surface area contributed by atoms with E-state index in [1.807, 2.05) is 18.8 Å². The van der Waals surface area contributed by atoms with Gasteiger partial charge in [-0.3, -0.25) is 0 Å². The third kappa shape index (κ3) is 3.51. The number of anilines is 2. The van der Waals surface area contributed by atoms with Crippen molar-refractivity contribution in [3.8, 4) is 0 Å². The van der Waals surface area contributed by atoms with E-state index in [9.17, 15) is 0 Å². The van der Waals surface area contributed by atoms with Crippen LogP contribution in [0.5, 0.6) is 0 Å². The summed E-state index contributed by atoms with van der Waals surface area (Å²) in [4.78, 5) is 11.0. The van der Waals surface area contributed by atoms with Gasteiger partial charge in [0.2, 0.25) is 0 Å². The fraction of sp³-hybridized carbons (Fsp3) is 0.692. The van der Waals surface area contributed by atoms with Gasteiger partial charge in [-0.25, -0.2) is 9.97 Å². The number of rotatable bonds is 7. The lowest BCUT2D eigenvalue weighted by Gasteiger charge is -2.28. The van der Waals surface area contributed by atoms with Crippen molar-refractivity contribution < 1.29 is 0 Å². The summed E-state index contributed by atoms with van der Waals surface area (Å²) in [5, 5.41) is 3.14. The van der Waals surface area contributed by atoms with Gasteiger partial charge < -0.3 is 10.2 Å². The molecule has 0 saturated heterocycles. The van der Waals surface area contributed by atoms with Gasteiger partial charge in [-0.2, -0.15) is 11.8 Å². The van der Waals surface area contributed by atoms with Crippen molar-refractivity contribution in [1.29, 1.82) is 0 Å². The summed E-state index contributed by atoms with van der Waals surface area (Å²) in [5.41, 5.74) is 1.19. The molecule has 0 fully saturated rings. The van der Waals surface area contributed by atoms with Crippen LogP contribution >= 0.6 is 11.8 Å². The molecule has 0 bridgehead atoms. The quantitative estimate of drug-likeness (QED) is 0.823. The first-order valence-electron chi connectivity index (χ1n) is 6.39. The zero-order valence-electron chi connectivity index (χ0n) is 12.0. The van der Waals surface area contributed by atoms with Crippen molar-refractivity contribution >= 4 is 23.4 Å². The number of nitrogens with one attached hydrogen (secondary N) is 1. The number of nitrogens with zero attached hydrogens (tertiary/aromatic N) is 3. The molecule has 1 unspecified atom stereocenters. The van der Waals surface area contributed by atoms with E-state index >= 15 is 0 Å². The second kappa shape index (κ2) is 7.46. The third-order valence-electron chi connectivity index (χ3n) is 3.25. The normalized spacial score (nSPS) is 12.3. The molecule has 5 heteroatoms. The second-order valence-electron chi connectivity index (χ2n) is 4.37. The third-order valence-corrected chi connectivity index (χ3v) is 3.89. The van der Waals surface area contributed by atoms with Crippen LogP contribution in [-0.2, 0) is 6.42 Å². The Kier molecular flexibility index (Phi) is 6.25. The van der Waals surface area contributed by atoms with Gasteiger partial charge in [-0.05, 0) is 31.8 Å². The fourth-order valence-corrected chi connectivity index (χ4v) is 2.52. The van der Waals surface area contributed by atoms with Crippen molar-refractivity contribution in [2.24, 2.45) is 0 Å². The highest BCUT2D eigenvalue weighted by molar-refractivity contribution is 7.98. The molecular weight excluding hydrogens is 244 g/mol. The number of thioether (sulfide) groups is 1. The highest BCUT2D eigenvalue weighted by atomic mass is 32.2. The zero-order chi connectivity index (χ0) is 13.5. The smallest absolute Gasteiger partial charge is 0.137 e. The molecular formula is C13H24N4S. The van der Waals surface area contributed by atoms with E-state index in [0.29, 0.717) is 6.04 Å². The van der Waals surface area contributed by atoms with E-state index in [-0.39, 0.29) is 0 Å². The summed E-state index contributed by atoms with van der Waals surface area (Å²) < 4.78 is 0. The Hall–Kier alpha value is -0.970. The minimum Gasteiger partial charge on any atom is -0.373 e. The van der Waals surface area contributed by atoms with E-state index in [1.54, 1.807) is 6.33 Å². The Morgan fingerprint density at radius 2 is 2.17 bits per heavy atom. The zero-order valence-corrected chi connectivity index (χ0v) is 12.8. The van der Waals surface area contributed by atoms with Crippen LogP contribution in [0.2, 0.25) is 0 Å². The van der Waals surface area contributed by atoms with Gasteiger partial charge in [0.25, 0.3) is 0 Å². The van der Waals surface area contributed by atoms with Crippen LogP contribution in [0.3, 0.4) is 0 Å². The summed E-state index contributed by atoms with van der Waals surface area (Å²) in [5.74, 6) is 3.16. The van der Waals surface area contributed by atoms with Crippen LogP contribution in [-0.4, -0.2) is 42.1 Å². The average Bonchev–Trinajstić information content (AvgIpc) is 2.42. The molecule has 1 rings (SSSR count). The monoisotopic (exact) mass is 268 g/mol. The molecule has 0 aliphatic rings. The Labute approximate surface area is 115 Å². The minimum absolute atomic E-state index is 0.488. The highest BCUT2D eigenvalue weighted by Crippen LogP contribution is 2.25. The molecule has 4 nitrogen and oxygen atoms in total. The molecule has 0 aromatic carbocycles. The van der Waals surface area contributed by atoms with Crippen LogP contribution < -0.4 is 10.2 Å². The van der Waals surface area contributed by atoms with Gasteiger partial charge in [0.15, 0.2) is 0 Å². The minimum atomic E-state index is 0.488. The van der Waals surface area contributed by atoms with Crippen LogP contribution in [0.15, 0.2) is 6.33 Å². The summed E-state index contributed by atoms with van der Waals surface area (Å²) >= 11 is 1.89. The Balaban J connectivity index is 2.93. The Morgan fingerprint density at radius 1 is 1.44 bits per heavy atom. The maximum atomic E-state index is 4.46. The number of hydrogen-bond donors (Lipinski definition) is 1. The molecule has 1 atom stereocenters. The van der Waals surface area contributed by atoms with Crippen LogP contribution in [0.4, 0.5) is 11.6 Å². The van der Waals surface area contributed by atoms with E-state index in [2.05, 4.69) is 47.3 Å². The van der Waals surface area contributed by atoms with E-state index in [1.165, 1.54) is 17.7 Å². The molecule has 0 aliphatic heterocycles. The molecule has 1 heterocycles. The molecule has 0 spiro atoms. The highest BCUT2D eigenvalue weighted by Gasteiger charge is 2.16. The van der Waals surface area contributed by atoms with Crippen molar-refractivity contribution in [2.45, 2.75) is 32.7 Å². The molecule has 0 radical (unpaired) electrons. The lowest BCUT2D eigenvalue weighted by Crippen LogP contribution is -2.31. The largest absolute Gasteiger partial charge is 0.373 e. The van der Waals surface area contributed by atoms with Gasteiger partial charge >= 0.3 is 0 Å². The van der Waals surface area contributed by atoms with Crippen molar-refractivity contribution in [3.63, 3.8) is 0 Å². The number of hydrogen-bond acceptors (Lipinski definition) is 5. The SMILES string of the molecule is CCc1c(NC)ncnc1N(C)C(C)CCSC. The molecule has 0 saturated carbocycles. The average molecular weight is 268 g/mol. The molecule has 102 valence electrons. The van der Waals surface area contributed by atoms with Crippen molar-refractivity contribution in [2.75, 3.05) is 36.3 Å². The van der Waals surface area contributed by atoms with E-state index in [0.717, 1.165) is 18.1 Å². The van der Waals surface area contributed by atoms with E-state index in [4.69, 9.17) is 0 Å². The predicted molar refractivity (Wildman–Crippen MR) is 81.8 cm³/mol. The first kappa shape index (κ1) is 15.1. The topological polar surface area (TPSA) is 41.1 Å². The Bertz CT molecular complexity index is 370. The van der Waals surface area contributed by atoms with Gasteiger partial charge in [0, 0.05) is 25.7 Å². The maximum Gasteiger partial charge on any atom is 0.137 e. The lowest BCUT2D eigenvalue weighted by atomic mass is 10.1. The van der Waals surface area contributed by atoms with E-state index < -0.39 is 0 Å². The second-order valence-corrected chi connectivity index (χ2v) is 5.35. The lowest BCUT2D eigenvalue weighted by molar-refractivity contribution is 0.658. The maximum absolute atomic E-state index is 4.46. The van der Waals surface area contributed by atoms with Gasteiger partial charge in [0.1, 0.15) is 18.0 Å². The summed E-state index contributed by atoms with van der Waals surface area (Å²) in [6.07, 6.45) is 5.89. The molecule has 18 heavy (non-hydrogen) atoms. The molecule has 1 N–H and O–H groups in total. The van der Waals surface area contributed by atoms with Crippen molar-refractivity contribution in [1.82, 2.24) is 9.97 Å². The summed E-state index contributed by atoms with van der Waals surface area (Å²) in [7, 11) is 4.02. The van der Waals surface area contributed by atoms with Crippen molar-refractivity contribution in [3.05, 3.63) is 11.9 Å². The summed E-state index contributed by atoms with van der Waals surface area (Å²) in [6, 6.07) is 0.488. The summed E-state index contributed by atoms with van der Waals surface area (Å²) in [6.45, 7) is 4.39. The van der Waals surface area contributed by atoms with Gasteiger partial charge in [0.05, 0.1) is 0 Å². The first-order chi connectivity index (χ1) is 8.65. The molecule has 0 amide bonds.